The number of benzene rings is 1. The van der Waals surface area contributed by atoms with E-state index in [-0.39, 0.29) is 31.1 Å². The molecule has 44 heavy (non-hydrogen) atoms. The van der Waals surface area contributed by atoms with Crippen molar-refractivity contribution in [1.82, 2.24) is 31.2 Å². The molecule has 0 aliphatic rings. The number of rotatable bonds is 18. The monoisotopic (exact) mass is 613 g/mol. The van der Waals surface area contributed by atoms with Crippen LogP contribution in [0.15, 0.2) is 42.9 Å². The number of nitrogens with one attached hydrogen (secondary N) is 5. The van der Waals surface area contributed by atoms with E-state index < -0.39 is 59.8 Å². The second-order valence-electron chi connectivity index (χ2n) is 11.6. The Hall–Kier alpha value is -4.26. The molecule has 2 aromatic rings. The van der Waals surface area contributed by atoms with E-state index in [4.69, 9.17) is 5.73 Å². The third-order valence-electron chi connectivity index (χ3n) is 7.34. The lowest BCUT2D eigenvalue weighted by Crippen LogP contribution is -2.57. The topological polar surface area (TPSA) is 208 Å². The maximum atomic E-state index is 13.7. The van der Waals surface area contributed by atoms with Crippen molar-refractivity contribution in [3.63, 3.8) is 0 Å². The standard InChI is InChI=1S/C31H47N7O6/c1-6-19(4)28(29(32)42)38-27(41)15-26(40)23(12-18(2)3)36-31(44)25(14-22-16-33-17-34-22)37-30(43)24(35-20(5)39)13-21-10-8-7-9-11-21/h7-11,16-19,23-26,28,40H,6,12-15H2,1-5H3,(H2,32,42)(H,33,34)(H,35,39)(H,36,44)(H,37,43)(H,38,41)/t19-,23-,24-,25-,26-,28-/m0/s1. The van der Waals surface area contributed by atoms with E-state index in [2.05, 4.69) is 31.2 Å². The first-order chi connectivity index (χ1) is 20.8. The smallest absolute Gasteiger partial charge is 0.243 e. The molecule has 0 aliphatic carbocycles. The van der Waals surface area contributed by atoms with Gasteiger partial charge < -0.3 is 37.1 Å². The number of H-pyrrole nitrogens is 1. The largest absolute Gasteiger partial charge is 0.390 e. The van der Waals surface area contributed by atoms with Crippen molar-refractivity contribution < 1.29 is 29.1 Å². The van der Waals surface area contributed by atoms with Crippen LogP contribution in [-0.4, -0.2) is 74.9 Å². The lowest BCUT2D eigenvalue weighted by atomic mass is 9.95. The van der Waals surface area contributed by atoms with Crippen molar-refractivity contribution in [2.45, 2.75) is 97.0 Å². The molecule has 0 aliphatic heterocycles. The summed E-state index contributed by atoms with van der Waals surface area (Å²) in [7, 11) is 0. The van der Waals surface area contributed by atoms with Crippen molar-refractivity contribution >= 4 is 29.5 Å². The number of amides is 5. The Labute approximate surface area is 258 Å². The molecule has 0 saturated carbocycles. The van der Waals surface area contributed by atoms with Crippen LogP contribution in [0.2, 0.25) is 0 Å². The molecule has 0 bridgehead atoms. The summed E-state index contributed by atoms with van der Waals surface area (Å²) in [6, 6.07) is 5.37. The molecule has 13 heteroatoms. The van der Waals surface area contributed by atoms with E-state index in [0.717, 1.165) is 5.56 Å². The van der Waals surface area contributed by atoms with E-state index >= 15 is 0 Å². The van der Waals surface area contributed by atoms with Crippen LogP contribution in [0.1, 0.15) is 65.1 Å². The van der Waals surface area contributed by atoms with Crippen LogP contribution in [0.5, 0.6) is 0 Å². The van der Waals surface area contributed by atoms with Gasteiger partial charge in [0.1, 0.15) is 18.1 Å². The first-order valence-corrected chi connectivity index (χ1v) is 15.0. The molecule has 8 N–H and O–H groups in total. The number of nitrogens with zero attached hydrogens (tertiary/aromatic N) is 1. The fraction of sp³-hybridized carbons (Fsp3) is 0.548. The molecule has 13 nitrogen and oxygen atoms in total. The highest BCUT2D eigenvalue weighted by atomic mass is 16.3. The fourth-order valence-electron chi connectivity index (χ4n) is 4.80. The molecule has 6 atom stereocenters. The molecule has 0 fully saturated rings. The number of hydrogen-bond donors (Lipinski definition) is 7. The number of carbonyl (C=O) groups excluding carboxylic acids is 5. The van der Waals surface area contributed by atoms with Crippen LogP contribution < -0.4 is 27.0 Å². The first kappa shape index (κ1) is 35.9. The summed E-state index contributed by atoms with van der Waals surface area (Å²) in [5.41, 5.74) is 6.86. The van der Waals surface area contributed by atoms with Gasteiger partial charge in [0.15, 0.2) is 0 Å². The Morgan fingerprint density at radius 1 is 0.932 bits per heavy atom. The number of nitrogens with two attached hydrogens (primary N) is 1. The Bertz CT molecular complexity index is 1220. The third-order valence-corrected chi connectivity index (χ3v) is 7.34. The predicted octanol–water partition coefficient (Wildman–Crippen LogP) is 0.483. The molecule has 0 saturated heterocycles. The molecule has 0 spiro atoms. The minimum atomic E-state index is -1.29. The highest BCUT2D eigenvalue weighted by molar-refractivity contribution is 5.92. The van der Waals surface area contributed by atoms with Crippen LogP contribution in [0.3, 0.4) is 0 Å². The van der Waals surface area contributed by atoms with Gasteiger partial charge in [0, 0.05) is 31.7 Å². The van der Waals surface area contributed by atoms with Crippen molar-refractivity contribution in [2.75, 3.05) is 0 Å². The number of imidazole rings is 1. The van der Waals surface area contributed by atoms with Crippen molar-refractivity contribution in [3.8, 4) is 0 Å². The van der Waals surface area contributed by atoms with Gasteiger partial charge in [-0.1, -0.05) is 64.4 Å². The lowest BCUT2D eigenvalue weighted by Gasteiger charge is -2.29. The minimum Gasteiger partial charge on any atom is -0.390 e. The quantitative estimate of drug-likeness (QED) is 0.126. The molecule has 1 aromatic carbocycles. The van der Waals surface area contributed by atoms with Crippen LogP contribution >= 0.6 is 0 Å². The summed E-state index contributed by atoms with van der Waals surface area (Å²) in [5.74, 6) is -2.97. The molecular weight excluding hydrogens is 566 g/mol. The van der Waals surface area contributed by atoms with Gasteiger partial charge in [-0.15, -0.1) is 0 Å². The Morgan fingerprint density at radius 3 is 2.11 bits per heavy atom. The number of aromatic nitrogens is 2. The molecule has 5 amide bonds. The van der Waals surface area contributed by atoms with E-state index in [1.807, 2.05) is 51.1 Å². The van der Waals surface area contributed by atoms with Gasteiger partial charge in [-0.2, -0.15) is 0 Å². The van der Waals surface area contributed by atoms with E-state index in [0.29, 0.717) is 18.5 Å². The minimum absolute atomic E-state index is 0.0344. The van der Waals surface area contributed by atoms with Crippen LogP contribution in [0, 0.1) is 11.8 Å². The highest BCUT2D eigenvalue weighted by Gasteiger charge is 2.32. The van der Waals surface area contributed by atoms with Crippen molar-refractivity contribution in [2.24, 2.45) is 17.6 Å². The second-order valence-corrected chi connectivity index (χ2v) is 11.6. The molecule has 242 valence electrons. The maximum Gasteiger partial charge on any atom is 0.243 e. The molecular formula is C31H47N7O6. The van der Waals surface area contributed by atoms with Crippen LogP contribution in [0.25, 0.3) is 0 Å². The summed E-state index contributed by atoms with van der Waals surface area (Å²) in [4.78, 5) is 70.6. The predicted molar refractivity (Wildman–Crippen MR) is 165 cm³/mol. The average molecular weight is 614 g/mol. The lowest BCUT2D eigenvalue weighted by molar-refractivity contribution is -0.133. The van der Waals surface area contributed by atoms with E-state index in [1.165, 1.54) is 19.4 Å². The zero-order valence-corrected chi connectivity index (χ0v) is 26.1. The second kappa shape index (κ2) is 17.8. The number of hydrogen-bond acceptors (Lipinski definition) is 7. The Balaban J connectivity index is 2.23. The summed E-state index contributed by atoms with van der Waals surface area (Å²) < 4.78 is 0. The fourth-order valence-corrected chi connectivity index (χ4v) is 4.80. The van der Waals surface area contributed by atoms with E-state index in [1.54, 1.807) is 6.92 Å². The average Bonchev–Trinajstić information content (AvgIpc) is 3.47. The summed E-state index contributed by atoms with van der Waals surface area (Å²) >= 11 is 0. The zero-order chi connectivity index (χ0) is 32.8. The summed E-state index contributed by atoms with van der Waals surface area (Å²) in [5, 5.41) is 21.9. The Kier molecular flexibility index (Phi) is 14.5. The summed E-state index contributed by atoms with van der Waals surface area (Å²) in [6.45, 7) is 8.78. The van der Waals surface area contributed by atoms with Gasteiger partial charge in [-0.25, -0.2) is 4.98 Å². The maximum absolute atomic E-state index is 13.7. The Morgan fingerprint density at radius 2 is 1.57 bits per heavy atom. The molecule has 0 radical (unpaired) electrons. The number of aromatic amines is 1. The molecule has 0 unspecified atom stereocenters. The van der Waals surface area contributed by atoms with Gasteiger partial charge >= 0.3 is 0 Å². The number of aliphatic hydroxyl groups is 1. The van der Waals surface area contributed by atoms with Crippen molar-refractivity contribution in [1.29, 1.82) is 0 Å². The van der Waals surface area contributed by atoms with Gasteiger partial charge in [0.05, 0.1) is 24.9 Å². The number of primary amides is 1. The normalized spacial score (nSPS) is 15.2. The van der Waals surface area contributed by atoms with Gasteiger partial charge in [-0.05, 0) is 23.8 Å². The number of aliphatic hydroxyl groups excluding tert-OH is 1. The van der Waals surface area contributed by atoms with Crippen LogP contribution in [-0.2, 0) is 36.8 Å². The molecule has 1 aromatic heterocycles. The first-order valence-electron chi connectivity index (χ1n) is 15.0. The molecule has 1 heterocycles. The van der Waals surface area contributed by atoms with E-state index in [9.17, 15) is 29.1 Å². The SMILES string of the molecule is CC[C@H](C)[C@H](NC(=O)C[C@H](O)[C@H](CC(C)C)NC(=O)[C@H](Cc1cnc[nH]1)NC(=O)[C@H](Cc1ccccc1)NC(C)=O)C(N)=O. The third kappa shape index (κ3) is 12.2. The highest BCUT2D eigenvalue weighted by Crippen LogP contribution is 2.14. The van der Waals surface area contributed by atoms with Gasteiger partial charge in [0.2, 0.25) is 29.5 Å². The molecule has 2 rings (SSSR count). The van der Waals surface area contributed by atoms with Gasteiger partial charge in [0.25, 0.3) is 0 Å². The zero-order valence-electron chi connectivity index (χ0n) is 26.1. The van der Waals surface area contributed by atoms with Crippen LogP contribution in [0.4, 0.5) is 0 Å². The summed E-state index contributed by atoms with van der Waals surface area (Å²) in [6.07, 6.45) is 2.51. The van der Waals surface area contributed by atoms with Crippen molar-refractivity contribution in [3.05, 3.63) is 54.1 Å². The number of carbonyl (C=O) groups is 5. The van der Waals surface area contributed by atoms with Gasteiger partial charge in [-0.3, -0.25) is 24.0 Å².